The van der Waals surface area contributed by atoms with Crippen molar-refractivity contribution in [1.29, 1.82) is 0 Å². The largest absolute Gasteiger partial charge is 0.436 e. The van der Waals surface area contributed by atoms with Gasteiger partial charge in [0.2, 0.25) is 10.0 Å². The van der Waals surface area contributed by atoms with Gasteiger partial charge in [-0.1, -0.05) is 18.2 Å². The standard InChI is InChI=1S/C25H33N3O5S4/c1-25(2,3)27-24(30)33-21(11-4-5-13-26-37(31,32)22-12-8-16-36-22)23(29)28(17-19-9-6-14-34-19)18-20-10-7-15-35-20/h6-10,12,14-16,21,26H,4-5,11,13,17-18H2,1-3H3,(H,27,30)/t21-/m0/s1. The maximum Gasteiger partial charge on any atom is 0.408 e. The Morgan fingerprint density at radius 2 is 1.54 bits per heavy atom. The number of nitrogens with one attached hydrogen (secondary N) is 2. The first-order valence-electron chi connectivity index (χ1n) is 11.9. The number of amides is 2. The molecule has 3 rings (SSSR count). The Labute approximate surface area is 230 Å². The van der Waals surface area contributed by atoms with Crippen LogP contribution >= 0.6 is 34.0 Å². The summed E-state index contributed by atoms with van der Waals surface area (Å²) in [5.41, 5.74) is -0.515. The van der Waals surface area contributed by atoms with E-state index < -0.39 is 27.8 Å². The molecule has 0 aliphatic heterocycles. The molecule has 12 heteroatoms. The second-order valence-corrected chi connectivity index (χ2v) is 14.5. The summed E-state index contributed by atoms with van der Waals surface area (Å²) in [5, 5.41) is 8.39. The number of rotatable bonds is 13. The summed E-state index contributed by atoms with van der Waals surface area (Å²) in [6.45, 7) is 6.56. The molecule has 0 saturated heterocycles. The summed E-state index contributed by atoms with van der Waals surface area (Å²) >= 11 is 4.29. The third-order valence-corrected chi connectivity index (χ3v) is 9.69. The molecule has 1 atom stereocenters. The highest BCUT2D eigenvalue weighted by atomic mass is 32.2. The molecule has 0 bridgehead atoms. The van der Waals surface area contributed by atoms with Crippen molar-refractivity contribution >= 4 is 56.0 Å². The van der Waals surface area contributed by atoms with E-state index in [0.717, 1.165) is 21.1 Å². The highest BCUT2D eigenvalue weighted by molar-refractivity contribution is 7.91. The van der Waals surface area contributed by atoms with E-state index >= 15 is 0 Å². The van der Waals surface area contributed by atoms with Crippen LogP contribution in [0, 0.1) is 0 Å². The zero-order chi connectivity index (χ0) is 26.9. The number of alkyl carbamates (subject to hydrolysis) is 1. The van der Waals surface area contributed by atoms with E-state index in [4.69, 9.17) is 4.74 Å². The van der Waals surface area contributed by atoms with Crippen molar-refractivity contribution in [2.45, 2.75) is 69.0 Å². The second kappa shape index (κ2) is 13.5. The van der Waals surface area contributed by atoms with E-state index in [1.807, 2.05) is 55.8 Å². The van der Waals surface area contributed by atoms with Gasteiger partial charge >= 0.3 is 6.09 Å². The van der Waals surface area contributed by atoms with Crippen molar-refractivity contribution in [3.63, 3.8) is 0 Å². The number of hydrogen-bond acceptors (Lipinski definition) is 8. The van der Waals surface area contributed by atoms with Gasteiger partial charge in [0.15, 0.2) is 6.10 Å². The Morgan fingerprint density at radius 1 is 0.946 bits per heavy atom. The van der Waals surface area contributed by atoms with Crippen LogP contribution in [0.4, 0.5) is 4.79 Å². The zero-order valence-electron chi connectivity index (χ0n) is 21.1. The molecule has 0 aromatic carbocycles. The smallest absolute Gasteiger partial charge is 0.408 e. The molecule has 0 fully saturated rings. The lowest BCUT2D eigenvalue weighted by Crippen LogP contribution is -2.46. The molecule has 37 heavy (non-hydrogen) atoms. The molecule has 0 unspecified atom stereocenters. The lowest BCUT2D eigenvalue weighted by Gasteiger charge is -2.28. The van der Waals surface area contributed by atoms with Crippen LogP contribution < -0.4 is 10.0 Å². The maximum atomic E-state index is 13.7. The van der Waals surface area contributed by atoms with Gasteiger partial charge in [-0.05, 0) is 74.4 Å². The Morgan fingerprint density at radius 3 is 2.05 bits per heavy atom. The van der Waals surface area contributed by atoms with E-state index in [2.05, 4.69) is 10.0 Å². The minimum absolute atomic E-state index is 0.226. The van der Waals surface area contributed by atoms with Crippen LogP contribution in [0.1, 0.15) is 49.8 Å². The lowest BCUT2D eigenvalue weighted by molar-refractivity contribution is -0.142. The predicted molar refractivity (Wildman–Crippen MR) is 149 cm³/mol. The molecular formula is C25H33N3O5S4. The van der Waals surface area contributed by atoms with Gasteiger partial charge in [-0.2, -0.15) is 0 Å². The molecule has 0 radical (unpaired) electrons. The molecule has 3 heterocycles. The average molecular weight is 584 g/mol. The van der Waals surface area contributed by atoms with E-state index in [1.54, 1.807) is 45.1 Å². The molecule has 0 saturated carbocycles. The van der Waals surface area contributed by atoms with Crippen LogP contribution in [-0.4, -0.2) is 43.5 Å². The van der Waals surface area contributed by atoms with E-state index in [0.29, 0.717) is 25.9 Å². The van der Waals surface area contributed by atoms with Crippen LogP contribution in [0.3, 0.4) is 0 Å². The van der Waals surface area contributed by atoms with Crippen molar-refractivity contribution in [1.82, 2.24) is 14.9 Å². The van der Waals surface area contributed by atoms with Crippen LogP contribution in [0.15, 0.2) is 56.7 Å². The first kappa shape index (κ1) is 29.3. The molecule has 202 valence electrons. The third-order valence-electron chi connectivity index (χ3n) is 5.11. The van der Waals surface area contributed by atoms with E-state index in [1.165, 1.54) is 0 Å². The first-order chi connectivity index (χ1) is 17.5. The zero-order valence-corrected chi connectivity index (χ0v) is 24.4. The van der Waals surface area contributed by atoms with Gasteiger partial charge in [-0.3, -0.25) is 4.79 Å². The summed E-state index contributed by atoms with van der Waals surface area (Å²) in [7, 11) is -3.54. The minimum Gasteiger partial charge on any atom is -0.436 e. The summed E-state index contributed by atoms with van der Waals surface area (Å²) < 4.78 is 33.2. The number of ether oxygens (including phenoxy) is 1. The molecule has 3 aromatic rings. The number of sulfonamides is 1. The molecule has 2 amide bonds. The molecule has 3 aromatic heterocycles. The fraction of sp³-hybridized carbons (Fsp3) is 0.440. The van der Waals surface area contributed by atoms with Gasteiger partial charge in [0, 0.05) is 21.8 Å². The maximum absolute atomic E-state index is 13.7. The van der Waals surface area contributed by atoms with Gasteiger partial charge in [-0.25, -0.2) is 17.9 Å². The van der Waals surface area contributed by atoms with Gasteiger partial charge in [-0.15, -0.1) is 34.0 Å². The monoisotopic (exact) mass is 583 g/mol. The van der Waals surface area contributed by atoms with Crippen LogP contribution in [0.5, 0.6) is 0 Å². The number of carbonyl (C=O) groups is 2. The van der Waals surface area contributed by atoms with Crippen molar-refractivity contribution in [3.05, 3.63) is 62.3 Å². The molecule has 8 nitrogen and oxygen atoms in total. The Kier molecular flexibility index (Phi) is 10.7. The van der Waals surface area contributed by atoms with Gasteiger partial charge < -0.3 is 15.0 Å². The van der Waals surface area contributed by atoms with Crippen LogP contribution in [0.25, 0.3) is 0 Å². The van der Waals surface area contributed by atoms with Crippen molar-refractivity contribution in [3.8, 4) is 0 Å². The predicted octanol–water partition coefficient (Wildman–Crippen LogP) is 5.44. The van der Waals surface area contributed by atoms with Gasteiger partial charge in [0.05, 0.1) is 13.1 Å². The highest BCUT2D eigenvalue weighted by Gasteiger charge is 2.29. The molecule has 0 aliphatic rings. The molecule has 2 N–H and O–H groups in total. The fourth-order valence-corrected chi connectivity index (χ4v) is 6.99. The number of carbonyl (C=O) groups excluding carboxylic acids is 2. The molecule has 0 aliphatic carbocycles. The van der Waals surface area contributed by atoms with Crippen LogP contribution in [-0.2, 0) is 32.6 Å². The van der Waals surface area contributed by atoms with Crippen molar-refractivity contribution < 1.29 is 22.7 Å². The molecule has 0 spiro atoms. The number of hydrogen-bond donors (Lipinski definition) is 2. The first-order valence-corrected chi connectivity index (χ1v) is 16.0. The SMILES string of the molecule is CC(C)(C)NC(=O)O[C@@H](CCCCNS(=O)(=O)c1cccs1)C(=O)N(Cc1cccs1)Cc1cccs1. The van der Waals surface area contributed by atoms with Gasteiger partial charge in [0.1, 0.15) is 4.21 Å². The van der Waals surface area contributed by atoms with Crippen LogP contribution in [0.2, 0.25) is 0 Å². The normalized spacial score (nSPS) is 12.7. The summed E-state index contributed by atoms with van der Waals surface area (Å²) in [4.78, 5) is 30.1. The van der Waals surface area contributed by atoms with E-state index in [-0.39, 0.29) is 23.1 Å². The Balaban J connectivity index is 1.66. The number of nitrogens with zero attached hydrogens (tertiary/aromatic N) is 1. The Hall–Kier alpha value is -2.25. The highest BCUT2D eigenvalue weighted by Crippen LogP contribution is 2.21. The average Bonchev–Trinajstić information content (AvgIpc) is 3.60. The molecular weight excluding hydrogens is 551 g/mol. The minimum atomic E-state index is -3.54. The second-order valence-electron chi connectivity index (χ2n) is 9.45. The fourth-order valence-electron chi connectivity index (χ4n) is 3.44. The lowest BCUT2D eigenvalue weighted by atomic mass is 10.1. The summed E-state index contributed by atoms with van der Waals surface area (Å²) in [5.74, 6) is -0.273. The quantitative estimate of drug-likeness (QED) is 0.261. The Bertz CT molecular complexity index is 1170. The number of thiophene rings is 3. The third kappa shape index (κ3) is 9.86. The number of unbranched alkanes of at least 4 members (excludes halogenated alkanes) is 1. The summed E-state index contributed by atoms with van der Waals surface area (Å²) in [6.07, 6.45) is -0.373. The van der Waals surface area contributed by atoms with Crippen molar-refractivity contribution in [2.24, 2.45) is 0 Å². The van der Waals surface area contributed by atoms with Gasteiger partial charge in [0.25, 0.3) is 5.91 Å². The van der Waals surface area contributed by atoms with Crippen molar-refractivity contribution in [2.75, 3.05) is 6.54 Å². The topological polar surface area (TPSA) is 105 Å². The summed E-state index contributed by atoms with van der Waals surface area (Å²) in [6, 6.07) is 11.1. The van der Waals surface area contributed by atoms with E-state index in [9.17, 15) is 18.0 Å².